The highest BCUT2D eigenvalue weighted by Crippen LogP contribution is 2.58. The molecule has 1 fully saturated rings. The molecule has 13 heavy (non-hydrogen) atoms. The van der Waals surface area contributed by atoms with Gasteiger partial charge >= 0.3 is 5.97 Å². The summed E-state index contributed by atoms with van der Waals surface area (Å²) in [6.45, 7) is 0. The van der Waals surface area contributed by atoms with Gasteiger partial charge in [-0.3, -0.25) is 4.79 Å². The van der Waals surface area contributed by atoms with Crippen molar-refractivity contribution in [3.05, 3.63) is 35.9 Å². The third-order valence-corrected chi connectivity index (χ3v) is 4.10. The maximum Gasteiger partial charge on any atom is 0.320 e. The van der Waals surface area contributed by atoms with E-state index in [9.17, 15) is 4.79 Å². The summed E-state index contributed by atoms with van der Waals surface area (Å²) < 4.78 is -0.543. The normalized spacial score (nSPS) is 31.3. The number of carboxylic acids is 1. The lowest BCUT2D eigenvalue weighted by molar-refractivity contribution is -0.136. The van der Waals surface area contributed by atoms with Gasteiger partial charge in [0.15, 0.2) is 0 Å². The third kappa shape index (κ3) is 1.45. The van der Waals surface area contributed by atoms with Crippen LogP contribution < -0.4 is 0 Å². The Hall–Kier alpha value is -0.580. The molecule has 2 nitrogen and oxygen atoms in total. The van der Waals surface area contributed by atoms with E-state index in [1.807, 2.05) is 52.9 Å². The van der Waals surface area contributed by atoms with Crippen molar-refractivity contribution in [2.45, 2.75) is 15.8 Å². The number of alkyl halides is 1. The van der Waals surface area contributed by atoms with Crippen molar-refractivity contribution >= 4 is 28.6 Å². The van der Waals surface area contributed by atoms with Crippen molar-refractivity contribution in [1.82, 2.24) is 0 Å². The van der Waals surface area contributed by atoms with E-state index in [0.717, 1.165) is 12.0 Å². The predicted octanol–water partition coefficient (Wildman–Crippen LogP) is 2.43. The fourth-order valence-corrected chi connectivity index (χ4v) is 2.34. The zero-order valence-corrected chi connectivity index (χ0v) is 9.06. The number of carbonyl (C=O) groups is 1. The molecule has 1 N–H and O–H groups in total. The Morgan fingerprint density at radius 2 is 2.08 bits per heavy atom. The summed E-state index contributed by atoms with van der Waals surface area (Å²) in [5.41, 5.74) is 1.14. The van der Waals surface area contributed by atoms with Crippen LogP contribution in [0.15, 0.2) is 30.3 Å². The molecule has 0 spiro atoms. The van der Waals surface area contributed by atoms with Gasteiger partial charge in [-0.1, -0.05) is 52.9 Å². The largest absolute Gasteiger partial charge is 0.480 e. The highest BCUT2D eigenvalue weighted by molar-refractivity contribution is 14.1. The van der Waals surface area contributed by atoms with Crippen LogP contribution in [0.2, 0.25) is 0 Å². The number of hydrogen-bond donors (Lipinski definition) is 1. The van der Waals surface area contributed by atoms with Gasteiger partial charge in [0.25, 0.3) is 0 Å². The standard InChI is InChI=1S/C10H9IO2/c11-10(9(12)13)6-8(10)7-4-2-1-3-5-7/h1-5,8H,6H2,(H,12,13). The summed E-state index contributed by atoms with van der Waals surface area (Å²) in [4.78, 5) is 10.9. The maximum absolute atomic E-state index is 10.9. The average Bonchev–Trinajstić information content (AvgIpc) is 2.81. The highest BCUT2D eigenvalue weighted by Gasteiger charge is 2.59. The molecular formula is C10H9IO2. The van der Waals surface area contributed by atoms with E-state index < -0.39 is 9.39 Å². The lowest BCUT2D eigenvalue weighted by Crippen LogP contribution is -2.15. The first-order valence-electron chi connectivity index (χ1n) is 4.12. The van der Waals surface area contributed by atoms with Crippen molar-refractivity contribution in [3.63, 3.8) is 0 Å². The van der Waals surface area contributed by atoms with Gasteiger partial charge in [0.05, 0.1) is 0 Å². The van der Waals surface area contributed by atoms with Crippen molar-refractivity contribution in [1.29, 1.82) is 0 Å². The molecule has 0 saturated heterocycles. The zero-order chi connectivity index (χ0) is 9.47. The minimum Gasteiger partial charge on any atom is -0.480 e. The molecule has 0 amide bonds. The van der Waals surface area contributed by atoms with Gasteiger partial charge in [-0.05, 0) is 12.0 Å². The van der Waals surface area contributed by atoms with Gasteiger partial charge in [0, 0.05) is 5.92 Å². The number of hydrogen-bond acceptors (Lipinski definition) is 1. The first kappa shape index (κ1) is 8.99. The maximum atomic E-state index is 10.9. The summed E-state index contributed by atoms with van der Waals surface area (Å²) in [6.07, 6.45) is 0.757. The van der Waals surface area contributed by atoms with Gasteiger partial charge in [-0.25, -0.2) is 0 Å². The van der Waals surface area contributed by atoms with E-state index in [0.29, 0.717) is 0 Å². The van der Waals surface area contributed by atoms with Crippen LogP contribution in [0.4, 0.5) is 0 Å². The second-order valence-electron chi connectivity index (χ2n) is 3.34. The van der Waals surface area contributed by atoms with E-state index in [1.165, 1.54) is 0 Å². The summed E-state index contributed by atoms with van der Waals surface area (Å²) in [5.74, 6) is -0.492. The second-order valence-corrected chi connectivity index (χ2v) is 5.26. The lowest BCUT2D eigenvalue weighted by Gasteiger charge is -2.02. The molecule has 0 bridgehead atoms. The van der Waals surface area contributed by atoms with Crippen LogP contribution in [0.3, 0.4) is 0 Å². The average molecular weight is 288 g/mol. The Kier molecular flexibility index (Phi) is 2.06. The smallest absolute Gasteiger partial charge is 0.320 e. The summed E-state index contributed by atoms with van der Waals surface area (Å²) in [5, 5.41) is 8.94. The van der Waals surface area contributed by atoms with Crippen LogP contribution in [0.5, 0.6) is 0 Å². The molecule has 0 aliphatic heterocycles. The minimum atomic E-state index is -0.693. The molecule has 1 saturated carbocycles. The van der Waals surface area contributed by atoms with Crippen molar-refractivity contribution in [2.75, 3.05) is 0 Å². The Morgan fingerprint density at radius 1 is 1.46 bits per heavy atom. The van der Waals surface area contributed by atoms with E-state index >= 15 is 0 Å². The topological polar surface area (TPSA) is 37.3 Å². The molecule has 3 heteroatoms. The Labute approximate surface area is 90.1 Å². The zero-order valence-electron chi connectivity index (χ0n) is 6.90. The van der Waals surface area contributed by atoms with Crippen molar-refractivity contribution in [3.8, 4) is 0 Å². The Bertz CT molecular complexity index is 336. The SMILES string of the molecule is O=C(O)C1(I)CC1c1ccccc1. The van der Waals surface area contributed by atoms with Gasteiger partial charge in [0.1, 0.15) is 3.42 Å². The molecule has 0 aromatic heterocycles. The number of aliphatic carboxylic acids is 1. The molecule has 0 heterocycles. The van der Waals surface area contributed by atoms with Gasteiger partial charge < -0.3 is 5.11 Å². The van der Waals surface area contributed by atoms with Gasteiger partial charge in [-0.2, -0.15) is 0 Å². The van der Waals surface area contributed by atoms with E-state index in [4.69, 9.17) is 5.11 Å². The molecule has 1 aliphatic rings. The highest BCUT2D eigenvalue weighted by atomic mass is 127. The van der Waals surface area contributed by atoms with Crippen molar-refractivity contribution in [2.24, 2.45) is 0 Å². The molecule has 68 valence electrons. The van der Waals surface area contributed by atoms with Gasteiger partial charge in [-0.15, -0.1) is 0 Å². The number of benzene rings is 1. The summed E-state index contributed by atoms with van der Waals surface area (Å²) >= 11 is 2.04. The number of halogens is 1. The first-order valence-corrected chi connectivity index (χ1v) is 5.20. The van der Waals surface area contributed by atoms with Crippen LogP contribution in [0, 0.1) is 0 Å². The lowest BCUT2D eigenvalue weighted by atomic mass is 10.1. The fraction of sp³-hybridized carbons (Fsp3) is 0.300. The van der Waals surface area contributed by atoms with E-state index in [-0.39, 0.29) is 5.92 Å². The quantitative estimate of drug-likeness (QED) is 0.670. The second kappa shape index (κ2) is 2.97. The van der Waals surface area contributed by atoms with Crippen LogP contribution in [-0.2, 0) is 4.79 Å². The molecule has 1 aliphatic carbocycles. The fourth-order valence-electron chi connectivity index (χ4n) is 1.54. The Morgan fingerprint density at radius 3 is 2.54 bits per heavy atom. The Balaban J connectivity index is 2.21. The minimum absolute atomic E-state index is 0.201. The third-order valence-electron chi connectivity index (χ3n) is 2.45. The molecule has 2 atom stereocenters. The molecule has 1 aromatic rings. The molecule has 2 rings (SSSR count). The number of carboxylic acid groups (broad SMARTS) is 1. The van der Waals surface area contributed by atoms with E-state index in [1.54, 1.807) is 0 Å². The van der Waals surface area contributed by atoms with E-state index in [2.05, 4.69) is 0 Å². The molecule has 0 radical (unpaired) electrons. The number of rotatable bonds is 2. The van der Waals surface area contributed by atoms with Crippen LogP contribution in [-0.4, -0.2) is 14.5 Å². The summed E-state index contributed by atoms with van der Waals surface area (Å²) in [7, 11) is 0. The molecule has 2 unspecified atom stereocenters. The van der Waals surface area contributed by atoms with Crippen LogP contribution in [0.1, 0.15) is 17.9 Å². The van der Waals surface area contributed by atoms with Crippen molar-refractivity contribution < 1.29 is 9.90 Å². The first-order chi connectivity index (χ1) is 6.14. The van der Waals surface area contributed by atoms with Crippen LogP contribution in [0.25, 0.3) is 0 Å². The molecule has 1 aromatic carbocycles. The predicted molar refractivity (Wildman–Crippen MR) is 58.2 cm³/mol. The van der Waals surface area contributed by atoms with Gasteiger partial charge in [0.2, 0.25) is 0 Å². The molecular weight excluding hydrogens is 279 g/mol. The van der Waals surface area contributed by atoms with Crippen LogP contribution >= 0.6 is 22.6 Å². The summed E-state index contributed by atoms with van der Waals surface area (Å²) in [6, 6.07) is 9.84. The monoisotopic (exact) mass is 288 g/mol.